The number of amides is 2. The molecule has 2 fully saturated rings. The molecule has 1 aromatic rings. The number of carbonyl (C=O) groups excluding carboxylic acids is 2. The molecule has 24 heavy (non-hydrogen) atoms. The zero-order chi connectivity index (χ0) is 17.1. The largest absolute Gasteiger partial charge is 0.353 e. The smallest absolute Gasteiger partial charge is 0.227 e. The fraction of sp³-hybridized carbons (Fsp3) is 0.588. The van der Waals surface area contributed by atoms with Gasteiger partial charge in [-0.2, -0.15) is 0 Å². The zero-order valence-electron chi connectivity index (χ0n) is 13.9. The molecule has 0 aromatic carbocycles. The number of piperazine rings is 1. The molecule has 0 radical (unpaired) electrons. The molecule has 2 aliphatic rings. The number of nitrogens with zero attached hydrogens (tertiary/aromatic N) is 4. The van der Waals surface area contributed by atoms with Gasteiger partial charge in [-0.1, -0.05) is 11.6 Å². The minimum Gasteiger partial charge on any atom is -0.353 e. The van der Waals surface area contributed by atoms with Gasteiger partial charge in [0.25, 0.3) is 0 Å². The van der Waals surface area contributed by atoms with E-state index in [-0.39, 0.29) is 17.7 Å². The van der Waals surface area contributed by atoms with Gasteiger partial charge in [-0.3, -0.25) is 9.59 Å². The second-order valence-corrected chi connectivity index (χ2v) is 6.89. The van der Waals surface area contributed by atoms with Crippen molar-refractivity contribution in [3.8, 4) is 0 Å². The second kappa shape index (κ2) is 7.38. The molecule has 0 N–H and O–H groups in total. The van der Waals surface area contributed by atoms with Crippen molar-refractivity contribution in [3.63, 3.8) is 0 Å². The summed E-state index contributed by atoms with van der Waals surface area (Å²) in [6.07, 6.45) is 3.43. The molecule has 0 saturated carbocycles. The summed E-state index contributed by atoms with van der Waals surface area (Å²) in [4.78, 5) is 34.5. The Morgan fingerprint density at radius 3 is 2.50 bits per heavy atom. The van der Waals surface area contributed by atoms with E-state index in [0.29, 0.717) is 24.7 Å². The highest BCUT2D eigenvalue weighted by Gasteiger charge is 2.31. The van der Waals surface area contributed by atoms with Gasteiger partial charge < -0.3 is 14.7 Å². The third kappa shape index (κ3) is 3.80. The fourth-order valence-corrected chi connectivity index (χ4v) is 3.55. The van der Waals surface area contributed by atoms with E-state index in [1.54, 1.807) is 18.0 Å². The first kappa shape index (κ1) is 17.0. The first-order valence-corrected chi connectivity index (χ1v) is 8.83. The molecular weight excluding hydrogens is 328 g/mol. The van der Waals surface area contributed by atoms with E-state index in [1.807, 2.05) is 17.0 Å². The third-order valence-corrected chi connectivity index (χ3v) is 5.07. The van der Waals surface area contributed by atoms with E-state index < -0.39 is 0 Å². The van der Waals surface area contributed by atoms with Crippen LogP contribution in [0.15, 0.2) is 18.3 Å². The van der Waals surface area contributed by atoms with Gasteiger partial charge in [-0.25, -0.2) is 4.98 Å². The van der Waals surface area contributed by atoms with Crippen molar-refractivity contribution in [1.29, 1.82) is 0 Å². The summed E-state index contributed by atoms with van der Waals surface area (Å²) in [6, 6.07) is 3.74. The molecule has 130 valence electrons. The molecule has 3 rings (SSSR count). The van der Waals surface area contributed by atoms with E-state index in [9.17, 15) is 9.59 Å². The molecule has 1 unspecified atom stereocenters. The molecule has 0 spiro atoms. The molecular formula is C17H23ClN4O2. The van der Waals surface area contributed by atoms with E-state index in [4.69, 9.17) is 11.6 Å². The highest BCUT2D eigenvalue weighted by molar-refractivity contribution is 6.30. The van der Waals surface area contributed by atoms with Crippen molar-refractivity contribution in [2.75, 3.05) is 44.2 Å². The molecule has 1 aromatic heterocycles. The summed E-state index contributed by atoms with van der Waals surface area (Å²) in [5.41, 5.74) is 0. The second-order valence-electron chi connectivity index (χ2n) is 6.45. The highest BCUT2D eigenvalue weighted by Crippen LogP contribution is 2.21. The van der Waals surface area contributed by atoms with Crippen LogP contribution in [0.25, 0.3) is 0 Å². The maximum absolute atomic E-state index is 12.7. The molecule has 3 heterocycles. The molecule has 1 atom stereocenters. The summed E-state index contributed by atoms with van der Waals surface area (Å²) in [5, 5.41) is 0.625. The van der Waals surface area contributed by atoms with Crippen molar-refractivity contribution in [2.24, 2.45) is 5.92 Å². The predicted molar refractivity (Wildman–Crippen MR) is 93.0 cm³/mol. The van der Waals surface area contributed by atoms with Crippen LogP contribution >= 0.6 is 11.6 Å². The van der Waals surface area contributed by atoms with E-state index in [0.717, 1.165) is 38.3 Å². The van der Waals surface area contributed by atoms with Gasteiger partial charge in [-0.15, -0.1) is 0 Å². The molecule has 7 heteroatoms. The van der Waals surface area contributed by atoms with E-state index >= 15 is 0 Å². The van der Waals surface area contributed by atoms with Gasteiger partial charge in [0, 0.05) is 52.4 Å². The lowest BCUT2D eigenvalue weighted by molar-refractivity contribution is -0.140. The van der Waals surface area contributed by atoms with Gasteiger partial charge >= 0.3 is 0 Å². The predicted octanol–water partition coefficient (Wildman–Crippen LogP) is 1.64. The number of rotatable bonds is 2. The fourth-order valence-electron chi connectivity index (χ4n) is 3.43. The van der Waals surface area contributed by atoms with Crippen molar-refractivity contribution in [1.82, 2.24) is 14.8 Å². The number of aromatic nitrogens is 1. The zero-order valence-corrected chi connectivity index (χ0v) is 14.7. The van der Waals surface area contributed by atoms with Crippen LogP contribution in [-0.2, 0) is 9.59 Å². The van der Waals surface area contributed by atoms with Crippen LogP contribution in [-0.4, -0.2) is 65.9 Å². The van der Waals surface area contributed by atoms with Crippen molar-refractivity contribution >= 4 is 29.2 Å². The van der Waals surface area contributed by atoms with Gasteiger partial charge in [0.2, 0.25) is 11.8 Å². The summed E-state index contributed by atoms with van der Waals surface area (Å²) < 4.78 is 0. The number of pyridine rings is 1. The van der Waals surface area contributed by atoms with Crippen molar-refractivity contribution < 1.29 is 9.59 Å². The van der Waals surface area contributed by atoms with Crippen LogP contribution in [0.5, 0.6) is 0 Å². The summed E-state index contributed by atoms with van der Waals surface area (Å²) in [5.74, 6) is 1.09. The normalized spacial score (nSPS) is 21.8. The Labute approximate surface area is 147 Å². The molecule has 6 nitrogen and oxygen atoms in total. The maximum atomic E-state index is 12.7. The number of piperidine rings is 1. The van der Waals surface area contributed by atoms with E-state index in [1.165, 1.54) is 0 Å². The number of carbonyl (C=O) groups is 2. The Bertz CT molecular complexity index is 599. The number of hydrogen-bond acceptors (Lipinski definition) is 4. The Morgan fingerprint density at radius 1 is 1.12 bits per heavy atom. The highest BCUT2D eigenvalue weighted by atomic mass is 35.5. The monoisotopic (exact) mass is 350 g/mol. The Hall–Kier alpha value is -1.82. The number of anilines is 1. The average Bonchev–Trinajstić information content (AvgIpc) is 2.62. The first-order valence-electron chi connectivity index (χ1n) is 8.45. The lowest BCUT2D eigenvalue weighted by atomic mass is 9.96. The van der Waals surface area contributed by atoms with Crippen LogP contribution in [0.1, 0.15) is 19.8 Å². The third-order valence-electron chi connectivity index (χ3n) is 4.84. The first-order chi connectivity index (χ1) is 11.5. The lowest BCUT2D eigenvalue weighted by Gasteiger charge is -2.39. The molecule has 2 amide bonds. The molecule has 2 saturated heterocycles. The molecule has 2 aliphatic heterocycles. The standard InChI is InChI=1S/C17H23ClN4O2/c1-13(23)22-6-2-3-14(12-22)17(24)21-9-7-20(8-10-21)16-5-4-15(18)11-19-16/h4-5,11,14H,2-3,6-10,12H2,1H3. The van der Waals surface area contributed by atoms with Crippen molar-refractivity contribution in [2.45, 2.75) is 19.8 Å². The molecule has 0 aliphatic carbocycles. The van der Waals surface area contributed by atoms with Gasteiger partial charge in [-0.05, 0) is 25.0 Å². The lowest BCUT2D eigenvalue weighted by Crippen LogP contribution is -2.53. The summed E-state index contributed by atoms with van der Waals surface area (Å²) >= 11 is 5.87. The number of halogens is 1. The van der Waals surface area contributed by atoms with Crippen LogP contribution in [0.2, 0.25) is 5.02 Å². The Morgan fingerprint density at radius 2 is 1.88 bits per heavy atom. The summed E-state index contributed by atoms with van der Waals surface area (Å²) in [7, 11) is 0. The molecule has 0 bridgehead atoms. The van der Waals surface area contributed by atoms with Crippen LogP contribution in [0, 0.1) is 5.92 Å². The SMILES string of the molecule is CC(=O)N1CCCC(C(=O)N2CCN(c3ccc(Cl)cn3)CC2)C1. The van der Waals surface area contributed by atoms with Gasteiger partial charge in [0.1, 0.15) is 5.82 Å². The quantitative estimate of drug-likeness (QED) is 0.813. The minimum atomic E-state index is -0.0529. The Kier molecular flexibility index (Phi) is 5.23. The average molecular weight is 351 g/mol. The van der Waals surface area contributed by atoms with Crippen molar-refractivity contribution in [3.05, 3.63) is 23.4 Å². The topological polar surface area (TPSA) is 56.8 Å². The van der Waals surface area contributed by atoms with Gasteiger partial charge in [0.05, 0.1) is 10.9 Å². The van der Waals surface area contributed by atoms with Crippen LogP contribution < -0.4 is 4.90 Å². The van der Waals surface area contributed by atoms with Gasteiger partial charge in [0.15, 0.2) is 0 Å². The van der Waals surface area contributed by atoms with Crippen LogP contribution in [0.4, 0.5) is 5.82 Å². The van der Waals surface area contributed by atoms with Crippen LogP contribution in [0.3, 0.4) is 0 Å². The Balaban J connectivity index is 1.55. The maximum Gasteiger partial charge on any atom is 0.227 e. The van der Waals surface area contributed by atoms with E-state index in [2.05, 4.69) is 9.88 Å². The number of hydrogen-bond donors (Lipinski definition) is 0. The number of likely N-dealkylation sites (tertiary alicyclic amines) is 1. The minimum absolute atomic E-state index is 0.0529. The summed E-state index contributed by atoms with van der Waals surface area (Å²) in [6.45, 7) is 5.83.